The van der Waals surface area contributed by atoms with Crippen LogP contribution < -0.4 is 4.72 Å². The molecule has 98 valence electrons. The van der Waals surface area contributed by atoms with Gasteiger partial charge in [0.15, 0.2) is 0 Å². The van der Waals surface area contributed by atoms with Crippen LogP contribution in [-0.2, 0) is 10.0 Å². The zero-order chi connectivity index (χ0) is 13.8. The fourth-order valence-electron chi connectivity index (χ4n) is 1.39. The van der Waals surface area contributed by atoms with Crippen molar-refractivity contribution in [2.45, 2.75) is 31.3 Å². The summed E-state index contributed by atoms with van der Waals surface area (Å²) in [5, 5.41) is 18.1. The van der Waals surface area contributed by atoms with Gasteiger partial charge in [0.1, 0.15) is 0 Å². The highest BCUT2D eigenvalue weighted by molar-refractivity contribution is 7.89. The van der Waals surface area contributed by atoms with Crippen molar-refractivity contribution in [1.29, 1.82) is 5.26 Å². The number of nitrogens with one attached hydrogen (secondary N) is 1. The van der Waals surface area contributed by atoms with Crippen molar-refractivity contribution in [2.24, 2.45) is 0 Å². The Balaban J connectivity index is 3.02. The SMILES string of the molecule is CCC(O)CNS(=O)(=O)c1cc(C#N)ccc1C. The maximum Gasteiger partial charge on any atom is 0.240 e. The van der Waals surface area contributed by atoms with Gasteiger partial charge in [-0.05, 0) is 31.0 Å². The summed E-state index contributed by atoms with van der Waals surface area (Å²) in [6.07, 6.45) is -0.237. The number of hydrogen-bond acceptors (Lipinski definition) is 4. The van der Waals surface area contributed by atoms with E-state index in [0.29, 0.717) is 12.0 Å². The van der Waals surface area contributed by atoms with Crippen LogP contribution in [0.2, 0.25) is 0 Å². The summed E-state index contributed by atoms with van der Waals surface area (Å²) in [7, 11) is -3.69. The van der Waals surface area contributed by atoms with Gasteiger partial charge in [-0.1, -0.05) is 13.0 Å². The minimum atomic E-state index is -3.69. The predicted molar refractivity (Wildman–Crippen MR) is 67.4 cm³/mol. The number of nitrogens with zero attached hydrogens (tertiary/aromatic N) is 1. The third kappa shape index (κ3) is 3.53. The number of aryl methyl sites for hydroxylation is 1. The van der Waals surface area contributed by atoms with E-state index in [0.717, 1.165) is 0 Å². The maximum absolute atomic E-state index is 12.0. The molecule has 0 bridgehead atoms. The molecule has 0 spiro atoms. The number of hydrogen-bond donors (Lipinski definition) is 2. The number of rotatable bonds is 5. The first kappa shape index (κ1) is 14.6. The second kappa shape index (κ2) is 5.96. The van der Waals surface area contributed by atoms with E-state index in [1.807, 2.05) is 6.07 Å². The molecule has 0 saturated carbocycles. The molecular formula is C12H16N2O3S. The summed E-state index contributed by atoms with van der Waals surface area (Å²) in [4.78, 5) is 0.0739. The number of aliphatic hydroxyl groups excluding tert-OH is 1. The average molecular weight is 268 g/mol. The minimum Gasteiger partial charge on any atom is -0.392 e. The van der Waals surface area contributed by atoms with Crippen molar-refractivity contribution >= 4 is 10.0 Å². The van der Waals surface area contributed by atoms with Gasteiger partial charge in [-0.25, -0.2) is 13.1 Å². The van der Waals surface area contributed by atoms with Gasteiger partial charge >= 0.3 is 0 Å². The highest BCUT2D eigenvalue weighted by atomic mass is 32.2. The van der Waals surface area contributed by atoms with Crippen molar-refractivity contribution in [1.82, 2.24) is 4.72 Å². The molecule has 0 fully saturated rings. The average Bonchev–Trinajstić information content (AvgIpc) is 2.36. The summed E-state index contributed by atoms with van der Waals surface area (Å²) in [5.74, 6) is 0. The predicted octanol–water partition coefficient (Wildman–Crippen LogP) is 0.916. The molecule has 1 aromatic rings. The van der Waals surface area contributed by atoms with E-state index in [4.69, 9.17) is 5.26 Å². The van der Waals surface area contributed by atoms with Crippen molar-refractivity contribution in [3.63, 3.8) is 0 Å². The topological polar surface area (TPSA) is 90.2 Å². The van der Waals surface area contributed by atoms with E-state index >= 15 is 0 Å². The lowest BCUT2D eigenvalue weighted by molar-refractivity contribution is 0.174. The molecule has 1 unspecified atom stereocenters. The molecule has 5 nitrogen and oxygen atoms in total. The van der Waals surface area contributed by atoms with E-state index in [1.165, 1.54) is 6.07 Å². The summed E-state index contributed by atoms with van der Waals surface area (Å²) in [6.45, 7) is 3.39. The lowest BCUT2D eigenvalue weighted by atomic mass is 10.2. The largest absolute Gasteiger partial charge is 0.392 e. The molecule has 1 rings (SSSR count). The van der Waals surface area contributed by atoms with Crippen LogP contribution in [0, 0.1) is 18.3 Å². The summed E-state index contributed by atoms with van der Waals surface area (Å²) >= 11 is 0. The second-order valence-electron chi connectivity index (χ2n) is 4.01. The van der Waals surface area contributed by atoms with Crippen LogP contribution >= 0.6 is 0 Å². The van der Waals surface area contributed by atoms with Crippen LogP contribution in [0.1, 0.15) is 24.5 Å². The van der Waals surface area contributed by atoms with E-state index in [-0.39, 0.29) is 17.0 Å². The minimum absolute atomic E-state index is 0.0327. The summed E-state index contributed by atoms with van der Waals surface area (Å²) in [5.41, 5.74) is 0.851. The molecule has 0 radical (unpaired) electrons. The standard InChI is InChI=1S/C12H16N2O3S/c1-3-11(15)8-14-18(16,17)12-6-10(7-13)5-4-9(12)2/h4-6,11,14-15H,3,8H2,1-2H3. The molecular weight excluding hydrogens is 252 g/mol. The molecule has 2 N–H and O–H groups in total. The van der Waals surface area contributed by atoms with Gasteiger partial charge in [0.05, 0.1) is 22.6 Å². The fraction of sp³-hybridized carbons (Fsp3) is 0.417. The van der Waals surface area contributed by atoms with Gasteiger partial charge in [-0.15, -0.1) is 0 Å². The Morgan fingerprint density at radius 2 is 2.17 bits per heavy atom. The van der Waals surface area contributed by atoms with Crippen LogP contribution in [0.5, 0.6) is 0 Å². The van der Waals surface area contributed by atoms with Crippen LogP contribution in [0.3, 0.4) is 0 Å². The summed E-state index contributed by atoms with van der Waals surface area (Å²) < 4.78 is 26.4. The molecule has 0 heterocycles. The second-order valence-corrected chi connectivity index (χ2v) is 5.74. The van der Waals surface area contributed by atoms with E-state index < -0.39 is 16.1 Å². The van der Waals surface area contributed by atoms with Gasteiger partial charge in [-0.2, -0.15) is 5.26 Å². The number of sulfonamides is 1. The summed E-state index contributed by atoms with van der Waals surface area (Å²) in [6, 6.07) is 6.38. The first-order chi connectivity index (χ1) is 8.40. The van der Waals surface area contributed by atoms with Gasteiger partial charge in [0, 0.05) is 6.54 Å². The molecule has 0 aromatic heterocycles. The Labute approximate surface area is 107 Å². The zero-order valence-electron chi connectivity index (χ0n) is 10.3. The molecule has 0 aliphatic heterocycles. The molecule has 0 amide bonds. The van der Waals surface area contributed by atoms with Crippen molar-refractivity contribution in [2.75, 3.05) is 6.54 Å². The molecule has 1 atom stereocenters. The molecule has 0 saturated heterocycles. The monoisotopic (exact) mass is 268 g/mol. The molecule has 0 aliphatic rings. The van der Waals surface area contributed by atoms with Crippen molar-refractivity contribution < 1.29 is 13.5 Å². The van der Waals surface area contributed by atoms with Gasteiger partial charge in [-0.3, -0.25) is 0 Å². The lowest BCUT2D eigenvalue weighted by Crippen LogP contribution is -2.32. The highest BCUT2D eigenvalue weighted by Gasteiger charge is 2.18. The third-order valence-electron chi connectivity index (χ3n) is 2.59. The van der Waals surface area contributed by atoms with E-state index in [9.17, 15) is 13.5 Å². The number of benzene rings is 1. The quantitative estimate of drug-likeness (QED) is 0.830. The van der Waals surface area contributed by atoms with Gasteiger partial charge < -0.3 is 5.11 Å². The zero-order valence-corrected chi connectivity index (χ0v) is 11.2. The first-order valence-electron chi connectivity index (χ1n) is 5.59. The Morgan fingerprint density at radius 3 is 2.72 bits per heavy atom. The number of aliphatic hydroxyl groups is 1. The Hall–Kier alpha value is -1.42. The lowest BCUT2D eigenvalue weighted by Gasteiger charge is -2.12. The number of nitriles is 1. The van der Waals surface area contributed by atoms with E-state index in [1.54, 1.807) is 26.0 Å². The Morgan fingerprint density at radius 1 is 1.50 bits per heavy atom. The van der Waals surface area contributed by atoms with Gasteiger partial charge in [0.2, 0.25) is 10.0 Å². The first-order valence-corrected chi connectivity index (χ1v) is 7.07. The Bertz CT molecular complexity index is 561. The van der Waals surface area contributed by atoms with Crippen molar-refractivity contribution in [3.05, 3.63) is 29.3 Å². The molecule has 18 heavy (non-hydrogen) atoms. The maximum atomic E-state index is 12.0. The smallest absolute Gasteiger partial charge is 0.240 e. The molecule has 0 aliphatic carbocycles. The van der Waals surface area contributed by atoms with Gasteiger partial charge in [0.25, 0.3) is 0 Å². The van der Waals surface area contributed by atoms with E-state index in [2.05, 4.69) is 4.72 Å². The van der Waals surface area contributed by atoms with Crippen molar-refractivity contribution in [3.8, 4) is 6.07 Å². The fourth-order valence-corrected chi connectivity index (χ4v) is 2.73. The molecule has 6 heteroatoms. The highest BCUT2D eigenvalue weighted by Crippen LogP contribution is 2.16. The third-order valence-corrected chi connectivity index (χ3v) is 4.15. The van der Waals surface area contributed by atoms with Crippen LogP contribution in [0.25, 0.3) is 0 Å². The Kier molecular flexibility index (Phi) is 4.84. The van der Waals surface area contributed by atoms with Crippen LogP contribution in [0.15, 0.2) is 23.1 Å². The van der Waals surface area contributed by atoms with Crippen LogP contribution in [-0.4, -0.2) is 26.2 Å². The molecule has 1 aromatic carbocycles. The van der Waals surface area contributed by atoms with Crippen LogP contribution in [0.4, 0.5) is 0 Å². The normalized spacial score (nSPS) is 13.0.